The van der Waals surface area contributed by atoms with E-state index in [0.717, 1.165) is 30.1 Å². The Morgan fingerprint density at radius 3 is 2.52 bits per heavy atom. The van der Waals surface area contributed by atoms with Gasteiger partial charge in [-0.05, 0) is 36.9 Å². The van der Waals surface area contributed by atoms with Crippen LogP contribution in [0.1, 0.15) is 11.5 Å². The minimum Gasteiger partial charge on any atom is -0.497 e. The molecule has 2 aromatic carbocycles. The summed E-state index contributed by atoms with van der Waals surface area (Å²) in [6.07, 6.45) is 1.58. The molecule has 31 heavy (non-hydrogen) atoms. The zero-order chi connectivity index (χ0) is 21.6. The third kappa shape index (κ3) is 5.40. The van der Waals surface area contributed by atoms with Gasteiger partial charge in [0.05, 0.1) is 13.7 Å². The van der Waals surface area contributed by atoms with Crippen LogP contribution in [0.4, 0.5) is 10.5 Å². The quantitative estimate of drug-likeness (QED) is 0.821. The van der Waals surface area contributed by atoms with Gasteiger partial charge >= 0.3 is 6.09 Å². The average molecular weight is 422 g/mol. The lowest BCUT2D eigenvalue weighted by Gasteiger charge is -2.31. The van der Waals surface area contributed by atoms with E-state index in [0.29, 0.717) is 31.3 Å². The van der Waals surface area contributed by atoms with Gasteiger partial charge in [-0.1, -0.05) is 18.2 Å². The molecule has 4 rings (SSSR count). The first-order valence-corrected chi connectivity index (χ1v) is 10.4. The Kier molecular flexibility index (Phi) is 6.47. The summed E-state index contributed by atoms with van der Waals surface area (Å²) in [4.78, 5) is 25.3. The first kappa shape index (κ1) is 20.9. The molecule has 1 unspecified atom stereocenters. The molecule has 1 fully saturated rings. The molecular formula is C23H27N5O3. The van der Waals surface area contributed by atoms with Crippen molar-refractivity contribution in [1.29, 1.82) is 0 Å². The molecule has 2 aliphatic rings. The summed E-state index contributed by atoms with van der Waals surface area (Å²) < 4.78 is 10.8. The van der Waals surface area contributed by atoms with Crippen LogP contribution in [-0.4, -0.2) is 74.9 Å². The van der Waals surface area contributed by atoms with Crippen molar-refractivity contribution in [2.45, 2.75) is 5.92 Å². The van der Waals surface area contributed by atoms with Crippen molar-refractivity contribution in [2.24, 2.45) is 9.98 Å². The Morgan fingerprint density at radius 2 is 1.84 bits per heavy atom. The number of piperazine rings is 1. The Morgan fingerprint density at radius 1 is 1.06 bits per heavy atom. The van der Waals surface area contributed by atoms with E-state index in [1.165, 1.54) is 0 Å². The topological polar surface area (TPSA) is 78.8 Å². The molecule has 0 saturated carbocycles. The summed E-state index contributed by atoms with van der Waals surface area (Å²) in [6.45, 7) is 3.66. The highest BCUT2D eigenvalue weighted by molar-refractivity contribution is 6.00. The second-order valence-electron chi connectivity index (χ2n) is 7.63. The Bertz CT molecular complexity index is 965. The summed E-state index contributed by atoms with van der Waals surface area (Å²) in [5, 5.41) is 3.19. The van der Waals surface area contributed by atoms with Gasteiger partial charge in [-0.25, -0.2) is 9.79 Å². The molecule has 0 spiro atoms. The predicted octanol–water partition coefficient (Wildman–Crippen LogP) is 3.08. The van der Waals surface area contributed by atoms with Gasteiger partial charge in [0, 0.05) is 50.1 Å². The lowest BCUT2D eigenvalue weighted by atomic mass is 10.00. The minimum absolute atomic E-state index is 0.132. The number of carbonyl (C=O) groups is 1. The molecule has 0 aliphatic carbocycles. The van der Waals surface area contributed by atoms with Gasteiger partial charge in [0.25, 0.3) is 0 Å². The first-order valence-electron chi connectivity index (χ1n) is 10.4. The van der Waals surface area contributed by atoms with Crippen LogP contribution in [0.3, 0.4) is 0 Å². The highest BCUT2D eigenvalue weighted by atomic mass is 16.6. The maximum atomic E-state index is 12.4. The van der Waals surface area contributed by atoms with E-state index in [2.05, 4.69) is 20.2 Å². The Labute approximate surface area is 182 Å². The van der Waals surface area contributed by atoms with E-state index in [-0.39, 0.29) is 12.0 Å². The van der Waals surface area contributed by atoms with Crippen molar-refractivity contribution in [3.8, 4) is 11.5 Å². The Hall–Kier alpha value is -3.39. The number of likely N-dealkylation sites (N-methyl/N-ethyl adjacent to an activating group) is 1. The number of ether oxygens (including phenoxy) is 2. The monoisotopic (exact) mass is 421 g/mol. The van der Waals surface area contributed by atoms with Crippen molar-refractivity contribution < 1.29 is 14.3 Å². The lowest BCUT2D eigenvalue weighted by molar-refractivity contribution is 0.120. The van der Waals surface area contributed by atoms with Gasteiger partial charge in [0.2, 0.25) is 5.96 Å². The summed E-state index contributed by atoms with van der Waals surface area (Å²) in [5.74, 6) is 1.99. The van der Waals surface area contributed by atoms with Crippen LogP contribution in [0.15, 0.2) is 58.5 Å². The van der Waals surface area contributed by atoms with Crippen LogP contribution < -0.4 is 14.8 Å². The zero-order valence-corrected chi connectivity index (χ0v) is 17.8. The van der Waals surface area contributed by atoms with E-state index in [4.69, 9.17) is 9.47 Å². The average Bonchev–Trinajstić information content (AvgIpc) is 2.80. The van der Waals surface area contributed by atoms with Gasteiger partial charge < -0.3 is 24.6 Å². The number of anilines is 1. The van der Waals surface area contributed by atoms with E-state index in [1.807, 2.05) is 49.7 Å². The number of nitrogens with one attached hydrogen (secondary N) is 1. The molecule has 1 saturated heterocycles. The SMILES string of the molecule is COc1ccc(C2C=NC(Nc3cccc(OC(=O)N4CCN(C)CC4)c3)=NC2)cc1. The second kappa shape index (κ2) is 9.61. The molecule has 0 radical (unpaired) electrons. The number of hydrogen-bond acceptors (Lipinski definition) is 7. The molecule has 8 heteroatoms. The fraction of sp³-hybridized carbons (Fsp3) is 0.348. The number of hydrogen-bond donors (Lipinski definition) is 1. The molecule has 2 aliphatic heterocycles. The number of benzene rings is 2. The molecular weight excluding hydrogens is 394 g/mol. The van der Waals surface area contributed by atoms with Gasteiger partial charge in [-0.2, -0.15) is 0 Å². The summed E-state index contributed by atoms with van der Waals surface area (Å²) in [6, 6.07) is 15.2. The van der Waals surface area contributed by atoms with Crippen LogP contribution in [0.25, 0.3) is 0 Å². The summed E-state index contributed by atoms with van der Waals surface area (Å²) in [5.41, 5.74) is 1.91. The Balaban J connectivity index is 1.33. The molecule has 1 N–H and O–H groups in total. The molecule has 8 nitrogen and oxygen atoms in total. The maximum absolute atomic E-state index is 12.4. The van der Waals surface area contributed by atoms with Crippen molar-refractivity contribution in [3.63, 3.8) is 0 Å². The number of aliphatic imine (C=N–C) groups is 2. The first-order chi connectivity index (χ1) is 15.1. The van der Waals surface area contributed by atoms with Crippen LogP contribution in [-0.2, 0) is 0 Å². The van der Waals surface area contributed by atoms with Crippen molar-refractivity contribution >= 4 is 24.0 Å². The molecule has 1 amide bonds. The van der Waals surface area contributed by atoms with Crippen LogP contribution in [0.2, 0.25) is 0 Å². The lowest BCUT2D eigenvalue weighted by Crippen LogP contribution is -2.48. The molecule has 1 atom stereocenters. The smallest absolute Gasteiger partial charge is 0.415 e. The fourth-order valence-electron chi connectivity index (χ4n) is 3.47. The highest BCUT2D eigenvalue weighted by Gasteiger charge is 2.21. The van der Waals surface area contributed by atoms with Gasteiger partial charge in [-0.3, -0.25) is 4.99 Å². The predicted molar refractivity (Wildman–Crippen MR) is 122 cm³/mol. The number of guanidine groups is 1. The third-order valence-corrected chi connectivity index (χ3v) is 5.42. The van der Waals surface area contributed by atoms with E-state index >= 15 is 0 Å². The normalized spacial score (nSPS) is 19.0. The van der Waals surface area contributed by atoms with Crippen molar-refractivity contribution in [1.82, 2.24) is 9.80 Å². The maximum Gasteiger partial charge on any atom is 0.415 e. The van der Waals surface area contributed by atoms with Crippen LogP contribution >= 0.6 is 0 Å². The van der Waals surface area contributed by atoms with E-state index in [9.17, 15) is 4.79 Å². The fourth-order valence-corrected chi connectivity index (χ4v) is 3.47. The molecule has 2 aromatic rings. The van der Waals surface area contributed by atoms with Gasteiger partial charge in [0.15, 0.2) is 0 Å². The second-order valence-corrected chi connectivity index (χ2v) is 7.63. The number of nitrogens with zero attached hydrogens (tertiary/aromatic N) is 4. The zero-order valence-electron chi connectivity index (χ0n) is 17.8. The van der Waals surface area contributed by atoms with Crippen molar-refractivity contribution in [3.05, 3.63) is 54.1 Å². The van der Waals surface area contributed by atoms with Crippen LogP contribution in [0, 0.1) is 0 Å². The van der Waals surface area contributed by atoms with Gasteiger partial charge in [-0.15, -0.1) is 0 Å². The molecule has 162 valence electrons. The van der Waals surface area contributed by atoms with E-state index < -0.39 is 0 Å². The molecule has 0 bridgehead atoms. The summed E-state index contributed by atoms with van der Waals surface area (Å²) in [7, 11) is 3.70. The number of amides is 1. The van der Waals surface area contributed by atoms with Crippen LogP contribution in [0.5, 0.6) is 11.5 Å². The summed E-state index contributed by atoms with van der Waals surface area (Å²) >= 11 is 0. The standard InChI is InChI=1S/C23H27N5O3/c1-27-10-12-28(13-11-27)23(29)31-21-5-3-4-19(14-21)26-22-24-15-18(16-25-22)17-6-8-20(30-2)9-7-17/h3-9,14-15,18H,10-13,16H2,1-2H3,(H,25,26). The van der Waals surface area contributed by atoms with Gasteiger partial charge in [0.1, 0.15) is 11.5 Å². The number of rotatable bonds is 4. The molecule has 0 aromatic heterocycles. The number of carbonyl (C=O) groups excluding carboxylic acids is 1. The van der Waals surface area contributed by atoms with Crippen molar-refractivity contribution in [2.75, 3.05) is 52.2 Å². The minimum atomic E-state index is -0.319. The third-order valence-electron chi connectivity index (χ3n) is 5.42. The van der Waals surface area contributed by atoms with E-state index in [1.54, 1.807) is 24.1 Å². The largest absolute Gasteiger partial charge is 0.497 e. The highest BCUT2D eigenvalue weighted by Crippen LogP contribution is 2.22. The number of methoxy groups -OCH3 is 1. The molecule has 2 heterocycles.